The monoisotopic (exact) mass is 349 g/mol. The topological polar surface area (TPSA) is 41.5 Å². The highest BCUT2D eigenvalue weighted by atomic mass is 79.9. The average Bonchev–Trinajstić information content (AvgIpc) is 2.48. The SMILES string of the molecule is Cc1ccc(OCC(O)CNc2ccc(C)c(Br)c2)cc1. The number of nitrogens with one attached hydrogen (secondary N) is 1. The van der Waals surface area contributed by atoms with Gasteiger partial charge in [-0.25, -0.2) is 0 Å². The standard InChI is InChI=1S/C17H20BrNO2/c1-12-3-7-16(8-4-12)21-11-15(20)10-19-14-6-5-13(2)17(18)9-14/h3-9,15,19-20H,10-11H2,1-2H3. The van der Waals surface area contributed by atoms with Crippen LogP contribution in [0.1, 0.15) is 11.1 Å². The van der Waals surface area contributed by atoms with Crippen molar-refractivity contribution in [3.8, 4) is 5.75 Å². The Labute approximate surface area is 134 Å². The highest BCUT2D eigenvalue weighted by molar-refractivity contribution is 9.10. The number of benzene rings is 2. The molecule has 0 aliphatic heterocycles. The summed E-state index contributed by atoms with van der Waals surface area (Å²) in [5, 5.41) is 13.1. The summed E-state index contributed by atoms with van der Waals surface area (Å²) in [6.45, 7) is 4.78. The first-order valence-electron chi connectivity index (χ1n) is 6.92. The maximum atomic E-state index is 9.95. The van der Waals surface area contributed by atoms with E-state index in [1.807, 2.05) is 56.3 Å². The largest absolute Gasteiger partial charge is 0.491 e. The van der Waals surface area contributed by atoms with Gasteiger partial charge in [0.05, 0.1) is 0 Å². The zero-order valence-electron chi connectivity index (χ0n) is 12.3. The molecule has 1 atom stereocenters. The van der Waals surface area contributed by atoms with Gasteiger partial charge in [0.25, 0.3) is 0 Å². The van der Waals surface area contributed by atoms with E-state index in [1.54, 1.807) is 0 Å². The van der Waals surface area contributed by atoms with Crippen molar-refractivity contribution in [2.75, 3.05) is 18.5 Å². The molecule has 2 aromatic rings. The van der Waals surface area contributed by atoms with Gasteiger partial charge >= 0.3 is 0 Å². The predicted octanol–water partition coefficient (Wildman–Crippen LogP) is 3.92. The Bertz CT molecular complexity index is 584. The summed E-state index contributed by atoms with van der Waals surface area (Å²) in [4.78, 5) is 0. The Balaban J connectivity index is 1.77. The fraction of sp³-hybridized carbons (Fsp3) is 0.294. The van der Waals surface area contributed by atoms with E-state index in [-0.39, 0.29) is 6.61 Å². The molecule has 2 rings (SSSR count). The molecular weight excluding hydrogens is 330 g/mol. The smallest absolute Gasteiger partial charge is 0.119 e. The van der Waals surface area contributed by atoms with Crippen LogP contribution in [0.3, 0.4) is 0 Å². The van der Waals surface area contributed by atoms with E-state index >= 15 is 0 Å². The van der Waals surface area contributed by atoms with E-state index < -0.39 is 6.10 Å². The molecular formula is C17H20BrNO2. The summed E-state index contributed by atoms with van der Waals surface area (Å²) in [7, 11) is 0. The molecule has 0 amide bonds. The van der Waals surface area contributed by atoms with Crippen molar-refractivity contribution in [2.45, 2.75) is 20.0 Å². The molecule has 3 nitrogen and oxygen atoms in total. The first kappa shape index (κ1) is 15.9. The minimum atomic E-state index is -0.564. The number of anilines is 1. The van der Waals surface area contributed by atoms with Crippen molar-refractivity contribution in [1.82, 2.24) is 0 Å². The van der Waals surface area contributed by atoms with Gasteiger partial charge in [0.1, 0.15) is 18.5 Å². The van der Waals surface area contributed by atoms with Crippen LogP contribution in [0, 0.1) is 13.8 Å². The molecule has 4 heteroatoms. The van der Waals surface area contributed by atoms with Gasteiger partial charge in [-0.1, -0.05) is 39.7 Å². The van der Waals surface area contributed by atoms with Gasteiger partial charge in [0.15, 0.2) is 0 Å². The van der Waals surface area contributed by atoms with Crippen LogP contribution in [0.2, 0.25) is 0 Å². The van der Waals surface area contributed by atoms with E-state index in [9.17, 15) is 5.11 Å². The van der Waals surface area contributed by atoms with Gasteiger partial charge in [0, 0.05) is 16.7 Å². The van der Waals surface area contributed by atoms with E-state index in [0.29, 0.717) is 6.54 Å². The van der Waals surface area contributed by atoms with Crippen LogP contribution in [0.15, 0.2) is 46.9 Å². The molecule has 1 unspecified atom stereocenters. The van der Waals surface area contributed by atoms with Gasteiger partial charge in [-0.2, -0.15) is 0 Å². The van der Waals surface area contributed by atoms with Crippen molar-refractivity contribution in [2.24, 2.45) is 0 Å². The lowest BCUT2D eigenvalue weighted by Gasteiger charge is -2.14. The molecule has 2 aromatic carbocycles. The molecule has 21 heavy (non-hydrogen) atoms. The van der Waals surface area contributed by atoms with Gasteiger partial charge in [-0.05, 0) is 43.7 Å². The fourth-order valence-electron chi connectivity index (χ4n) is 1.82. The number of halogens is 1. The molecule has 0 bridgehead atoms. The fourth-order valence-corrected chi connectivity index (χ4v) is 2.20. The summed E-state index contributed by atoms with van der Waals surface area (Å²) in [6.07, 6.45) is -0.564. The number of aliphatic hydroxyl groups excluding tert-OH is 1. The van der Waals surface area contributed by atoms with Gasteiger partial charge in [-0.3, -0.25) is 0 Å². The molecule has 0 spiro atoms. The Morgan fingerprint density at radius 2 is 1.86 bits per heavy atom. The van der Waals surface area contributed by atoms with E-state index in [1.165, 1.54) is 11.1 Å². The maximum absolute atomic E-state index is 9.95. The first-order valence-corrected chi connectivity index (χ1v) is 7.71. The highest BCUT2D eigenvalue weighted by Gasteiger charge is 2.06. The van der Waals surface area contributed by atoms with E-state index in [4.69, 9.17) is 4.74 Å². The predicted molar refractivity (Wildman–Crippen MR) is 90.0 cm³/mol. The summed E-state index contributed by atoms with van der Waals surface area (Å²) in [5.74, 6) is 0.776. The molecule has 0 saturated heterocycles. The van der Waals surface area contributed by atoms with Gasteiger partial charge < -0.3 is 15.2 Å². The lowest BCUT2D eigenvalue weighted by atomic mass is 10.2. The van der Waals surface area contributed by atoms with Crippen molar-refractivity contribution in [1.29, 1.82) is 0 Å². The number of aliphatic hydroxyl groups is 1. The van der Waals surface area contributed by atoms with Crippen LogP contribution in [0.4, 0.5) is 5.69 Å². The number of hydrogen-bond donors (Lipinski definition) is 2. The van der Waals surface area contributed by atoms with E-state index in [2.05, 4.69) is 21.2 Å². The summed E-state index contributed by atoms with van der Waals surface area (Å²) in [6, 6.07) is 13.8. The Hall–Kier alpha value is -1.52. The number of aryl methyl sites for hydroxylation is 2. The van der Waals surface area contributed by atoms with Crippen molar-refractivity contribution in [3.63, 3.8) is 0 Å². The van der Waals surface area contributed by atoms with Crippen LogP contribution in [0.5, 0.6) is 5.75 Å². The lowest BCUT2D eigenvalue weighted by molar-refractivity contribution is 0.117. The molecule has 2 N–H and O–H groups in total. The normalized spacial score (nSPS) is 12.0. The van der Waals surface area contributed by atoms with Crippen LogP contribution in [-0.2, 0) is 0 Å². The zero-order chi connectivity index (χ0) is 15.2. The van der Waals surface area contributed by atoms with Crippen LogP contribution in [0.25, 0.3) is 0 Å². The molecule has 112 valence electrons. The zero-order valence-corrected chi connectivity index (χ0v) is 13.9. The molecule has 0 heterocycles. The number of rotatable bonds is 6. The second kappa shape index (κ2) is 7.48. The maximum Gasteiger partial charge on any atom is 0.119 e. The summed E-state index contributed by atoms with van der Waals surface area (Å²) < 4.78 is 6.61. The molecule has 0 radical (unpaired) electrons. The van der Waals surface area contributed by atoms with Crippen molar-refractivity contribution in [3.05, 3.63) is 58.1 Å². The molecule has 0 saturated carbocycles. The average molecular weight is 350 g/mol. The van der Waals surface area contributed by atoms with Crippen LogP contribution in [-0.4, -0.2) is 24.4 Å². The highest BCUT2D eigenvalue weighted by Crippen LogP contribution is 2.20. The quantitative estimate of drug-likeness (QED) is 0.830. The third-order valence-corrected chi connectivity index (χ3v) is 4.03. The van der Waals surface area contributed by atoms with Gasteiger partial charge in [0.2, 0.25) is 0 Å². The number of hydrogen-bond acceptors (Lipinski definition) is 3. The Morgan fingerprint density at radius 1 is 1.14 bits per heavy atom. The van der Waals surface area contributed by atoms with Crippen LogP contribution >= 0.6 is 15.9 Å². The second-order valence-electron chi connectivity index (χ2n) is 5.12. The van der Waals surface area contributed by atoms with Crippen molar-refractivity contribution >= 4 is 21.6 Å². The number of ether oxygens (including phenoxy) is 1. The minimum absolute atomic E-state index is 0.267. The van der Waals surface area contributed by atoms with E-state index in [0.717, 1.165) is 15.9 Å². The minimum Gasteiger partial charge on any atom is -0.491 e. The van der Waals surface area contributed by atoms with Crippen molar-refractivity contribution < 1.29 is 9.84 Å². The molecule has 0 fully saturated rings. The van der Waals surface area contributed by atoms with Gasteiger partial charge in [-0.15, -0.1) is 0 Å². The van der Waals surface area contributed by atoms with Crippen LogP contribution < -0.4 is 10.1 Å². The molecule has 0 aliphatic carbocycles. The molecule has 0 aromatic heterocycles. The first-order chi connectivity index (χ1) is 10.0. The lowest BCUT2D eigenvalue weighted by Crippen LogP contribution is -2.26. The third kappa shape index (κ3) is 5.06. The summed E-state index contributed by atoms with van der Waals surface area (Å²) in [5.41, 5.74) is 3.35. The third-order valence-electron chi connectivity index (χ3n) is 3.18. The summed E-state index contributed by atoms with van der Waals surface area (Å²) >= 11 is 3.49. The Morgan fingerprint density at radius 3 is 2.52 bits per heavy atom. The second-order valence-corrected chi connectivity index (χ2v) is 5.98. The molecule has 0 aliphatic rings. The Kier molecular flexibility index (Phi) is 5.65.